The van der Waals surface area contributed by atoms with E-state index in [0.29, 0.717) is 0 Å². The van der Waals surface area contributed by atoms with Crippen LogP contribution in [-0.2, 0) is 10.8 Å². The largest absolute Gasteiger partial charge is 0.0619 e. The molecule has 0 aliphatic heterocycles. The van der Waals surface area contributed by atoms with Gasteiger partial charge in [-0.05, 0) is 112 Å². The van der Waals surface area contributed by atoms with Crippen molar-refractivity contribution < 1.29 is 0 Å². The number of aryl methyl sites for hydroxylation is 1. The van der Waals surface area contributed by atoms with Gasteiger partial charge in [-0.1, -0.05) is 132 Å². The van der Waals surface area contributed by atoms with Crippen LogP contribution in [0.1, 0.15) is 56.9 Å². The van der Waals surface area contributed by atoms with Gasteiger partial charge in [0.15, 0.2) is 0 Å². The van der Waals surface area contributed by atoms with E-state index in [1.807, 2.05) is 0 Å². The Morgan fingerprint density at radius 2 is 1.17 bits per heavy atom. The van der Waals surface area contributed by atoms with E-state index in [1.54, 1.807) is 0 Å². The molecule has 0 aromatic heterocycles. The van der Waals surface area contributed by atoms with Gasteiger partial charge in [0.05, 0.1) is 0 Å². The van der Waals surface area contributed by atoms with Crippen LogP contribution < -0.4 is 0 Å². The molecule has 0 unspecified atom stereocenters. The molecular formula is C42H36. The van der Waals surface area contributed by atoms with Gasteiger partial charge in [0, 0.05) is 5.41 Å². The van der Waals surface area contributed by atoms with Crippen LogP contribution in [0, 0.1) is 6.92 Å². The molecule has 0 amide bonds. The van der Waals surface area contributed by atoms with E-state index >= 15 is 0 Å². The number of benzene rings is 7. The van der Waals surface area contributed by atoms with Crippen LogP contribution in [0.3, 0.4) is 0 Å². The van der Waals surface area contributed by atoms with Crippen molar-refractivity contribution in [3.63, 3.8) is 0 Å². The topological polar surface area (TPSA) is 0 Å². The van der Waals surface area contributed by atoms with Crippen LogP contribution in [0.25, 0.3) is 65.7 Å². The summed E-state index contributed by atoms with van der Waals surface area (Å²) in [7, 11) is 0. The van der Waals surface area contributed by atoms with E-state index in [2.05, 4.69) is 151 Å². The molecule has 0 nitrogen and oxygen atoms in total. The van der Waals surface area contributed by atoms with Gasteiger partial charge in [-0.15, -0.1) is 0 Å². The van der Waals surface area contributed by atoms with Crippen molar-refractivity contribution in [1.29, 1.82) is 0 Å². The molecule has 0 fully saturated rings. The third kappa shape index (κ3) is 3.54. The highest BCUT2D eigenvalue weighted by atomic mass is 14.4. The molecule has 8 rings (SSSR count). The first-order valence-electron chi connectivity index (χ1n) is 15.2. The van der Waals surface area contributed by atoms with Crippen molar-refractivity contribution in [2.24, 2.45) is 0 Å². The van der Waals surface area contributed by atoms with E-state index in [0.717, 1.165) is 0 Å². The Kier molecular flexibility index (Phi) is 5.15. The summed E-state index contributed by atoms with van der Waals surface area (Å²) in [6.07, 6.45) is 0. The zero-order valence-electron chi connectivity index (χ0n) is 25.4. The Morgan fingerprint density at radius 3 is 1.93 bits per heavy atom. The molecule has 0 spiro atoms. The van der Waals surface area contributed by atoms with Crippen LogP contribution >= 0.6 is 0 Å². The van der Waals surface area contributed by atoms with Crippen molar-refractivity contribution in [1.82, 2.24) is 0 Å². The number of fused-ring (bicyclic) bond motifs is 3. The minimum absolute atomic E-state index is 0.00438. The summed E-state index contributed by atoms with van der Waals surface area (Å²) in [5.41, 5.74) is 13.5. The minimum Gasteiger partial charge on any atom is -0.0619 e. The summed E-state index contributed by atoms with van der Waals surface area (Å²) in [4.78, 5) is 0. The second-order valence-corrected chi connectivity index (χ2v) is 13.9. The lowest BCUT2D eigenvalue weighted by Gasteiger charge is -2.22. The van der Waals surface area contributed by atoms with E-state index < -0.39 is 0 Å². The Labute approximate surface area is 249 Å². The first kappa shape index (κ1) is 25.3. The molecular weight excluding hydrogens is 504 g/mol. The monoisotopic (exact) mass is 540 g/mol. The van der Waals surface area contributed by atoms with Gasteiger partial charge in [0.25, 0.3) is 0 Å². The highest BCUT2D eigenvalue weighted by Gasteiger charge is 2.35. The van der Waals surface area contributed by atoms with Gasteiger partial charge in [-0.25, -0.2) is 0 Å². The number of rotatable bonds is 2. The van der Waals surface area contributed by atoms with Gasteiger partial charge in [-0.3, -0.25) is 0 Å². The van der Waals surface area contributed by atoms with Crippen LogP contribution in [0.15, 0.2) is 109 Å². The molecule has 0 saturated heterocycles. The standard InChI is InChI=1S/C42H36/c1-25-20-36(35-19-16-30-23-31(41(2,3)4)22-29-15-17-32(25)40(35)39(29)30)28-11-9-10-26(21-28)27-14-18-34-33-12-7-8-13-37(33)42(5,6)38(34)24-27/h7-24H,1-6H3. The van der Waals surface area contributed by atoms with Crippen molar-refractivity contribution in [3.8, 4) is 33.4 Å². The van der Waals surface area contributed by atoms with Crippen LogP contribution in [0.2, 0.25) is 0 Å². The van der Waals surface area contributed by atoms with E-state index in [9.17, 15) is 0 Å². The highest BCUT2D eigenvalue weighted by molar-refractivity contribution is 6.26. The molecule has 0 radical (unpaired) electrons. The predicted molar refractivity (Wildman–Crippen MR) is 182 cm³/mol. The van der Waals surface area contributed by atoms with Crippen LogP contribution in [-0.4, -0.2) is 0 Å². The van der Waals surface area contributed by atoms with Gasteiger partial charge in [0.2, 0.25) is 0 Å². The van der Waals surface area contributed by atoms with Gasteiger partial charge in [0.1, 0.15) is 0 Å². The number of hydrogen-bond acceptors (Lipinski definition) is 0. The second kappa shape index (κ2) is 8.55. The number of hydrogen-bond donors (Lipinski definition) is 0. The molecule has 0 saturated carbocycles. The molecule has 7 aromatic carbocycles. The molecule has 1 aliphatic rings. The molecule has 42 heavy (non-hydrogen) atoms. The zero-order valence-corrected chi connectivity index (χ0v) is 25.4. The first-order valence-corrected chi connectivity index (χ1v) is 15.2. The maximum atomic E-state index is 2.43. The third-order valence-electron chi connectivity index (χ3n) is 9.88. The Hall–Kier alpha value is -4.42. The molecule has 7 aromatic rings. The van der Waals surface area contributed by atoms with E-state index in [1.165, 1.54) is 88.0 Å². The average Bonchev–Trinajstić information content (AvgIpc) is 3.22. The van der Waals surface area contributed by atoms with E-state index in [-0.39, 0.29) is 10.8 Å². The SMILES string of the molecule is Cc1cc(-c2cccc(-c3ccc4c(c3)C(C)(C)c3ccccc3-4)c2)c2ccc3cc(C(C)(C)C)cc4ccc1c2c43. The summed E-state index contributed by atoms with van der Waals surface area (Å²) >= 11 is 0. The molecule has 1 aliphatic carbocycles. The predicted octanol–water partition coefficient (Wildman–Crippen LogP) is 11.8. The first-order chi connectivity index (χ1) is 20.1. The van der Waals surface area contributed by atoms with Crippen molar-refractivity contribution in [3.05, 3.63) is 131 Å². The fraction of sp³-hybridized carbons (Fsp3) is 0.190. The maximum Gasteiger partial charge on any atom is 0.0159 e. The maximum absolute atomic E-state index is 2.43. The van der Waals surface area contributed by atoms with Crippen LogP contribution in [0.5, 0.6) is 0 Å². The third-order valence-corrected chi connectivity index (χ3v) is 9.88. The smallest absolute Gasteiger partial charge is 0.0159 e. The lowest BCUT2D eigenvalue weighted by Crippen LogP contribution is -2.14. The molecule has 0 bridgehead atoms. The molecule has 0 heterocycles. The molecule has 204 valence electrons. The summed E-state index contributed by atoms with van der Waals surface area (Å²) in [5.74, 6) is 0. The fourth-order valence-corrected chi connectivity index (χ4v) is 7.51. The quantitative estimate of drug-likeness (QED) is 0.191. The zero-order chi connectivity index (χ0) is 29.0. The van der Waals surface area contributed by atoms with Crippen molar-refractivity contribution in [2.75, 3.05) is 0 Å². The molecule has 0 N–H and O–H groups in total. The summed E-state index contributed by atoms with van der Waals surface area (Å²) in [6.45, 7) is 13.9. The van der Waals surface area contributed by atoms with E-state index in [4.69, 9.17) is 0 Å². The lowest BCUT2D eigenvalue weighted by molar-refractivity contribution is 0.591. The van der Waals surface area contributed by atoms with Gasteiger partial charge < -0.3 is 0 Å². The average molecular weight is 541 g/mol. The molecule has 0 heteroatoms. The summed E-state index contributed by atoms with van der Waals surface area (Å²) in [6, 6.07) is 41.6. The lowest BCUT2D eigenvalue weighted by atomic mass is 9.81. The van der Waals surface area contributed by atoms with Gasteiger partial charge in [-0.2, -0.15) is 0 Å². The Bertz CT molecular complexity index is 2180. The molecule has 0 atom stereocenters. The second-order valence-electron chi connectivity index (χ2n) is 13.9. The van der Waals surface area contributed by atoms with Crippen molar-refractivity contribution in [2.45, 2.75) is 52.4 Å². The fourth-order valence-electron chi connectivity index (χ4n) is 7.51. The van der Waals surface area contributed by atoms with Crippen LogP contribution in [0.4, 0.5) is 0 Å². The van der Waals surface area contributed by atoms with Crippen molar-refractivity contribution >= 4 is 32.3 Å². The highest BCUT2D eigenvalue weighted by Crippen LogP contribution is 2.50. The Morgan fingerprint density at radius 1 is 0.500 bits per heavy atom. The summed E-state index contributed by atoms with van der Waals surface area (Å²) < 4.78 is 0. The minimum atomic E-state index is -0.00438. The van der Waals surface area contributed by atoms with Gasteiger partial charge >= 0.3 is 0 Å². The normalized spacial score (nSPS) is 14.1. The summed E-state index contributed by atoms with van der Waals surface area (Å²) in [5, 5.41) is 8.14. The Balaban J connectivity index is 1.30.